The van der Waals surface area contributed by atoms with Gasteiger partial charge in [0.1, 0.15) is 5.15 Å². The van der Waals surface area contributed by atoms with Crippen LogP contribution in [0, 0.1) is 0 Å². The van der Waals surface area contributed by atoms with E-state index in [0.29, 0.717) is 0 Å². The lowest BCUT2D eigenvalue weighted by molar-refractivity contribution is 0.232. The number of sulfone groups is 1. The number of aliphatic hydroxyl groups is 1. The summed E-state index contributed by atoms with van der Waals surface area (Å²) in [6.07, 6.45) is 1.48. The topological polar surface area (TPSA) is 105 Å². The molecule has 1 aliphatic heterocycles. The number of nitrogens with zero attached hydrogens (tertiary/aromatic N) is 2. The minimum atomic E-state index is -3.93. The summed E-state index contributed by atoms with van der Waals surface area (Å²) in [4.78, 5) is 3.65. The van der Waals surface area contributed by atoms with Gasteiger partial charge in [0.25, 0.3) is 0 Å². The number of hydrogen-bond donors (Lipinski definition) is 1. The first kappa shape index (κ1) is 16.6. The van der Waals surface area contributed by atoms with Crippen LogP contribution in [-0.2, 0) is 19.9 Å². The van der Waals surface area contributed by atoms with Gasteiger partial charge in [-0.2, -0.15) is 4.31 Å². The smallest absolute Gasteiger partial charge is 0.243 e. The monoisotopic (exact) mass is 354 g/mol. The molecule has 2 rings (SSSR count). The van der Waals surface area contributed by atoms with E-state index < -0.39 is 32.5 Å². The minimum Gasteiger partial charge on any atom is -0.395 e. The third-order valence-electron chi connectivity index (χ3n) is 3.24. The van der Waals surface area contributed by atoms with Gasteiger partial charge in [0.05, 0.1) is 23.0 Å². The van der Waals surface area contributed by atoms with Gasteiger partial charge in [-0.1, -0.05) is 11.6 Å². The lowest BCUT2D eigenvalue weighted by Crippen LogP contribution is -2.42. The van der Waals surface area contributed by atoms with Gasteiger partial charge in [0.2, 0.25) is 10.0 Å². The van der Waals surface area contributed by atoms with E-state index in [0.717, 1.165) is 4.31 Å². The van der Waals surface area contributed by atoms with Crippen LogP contribution in [-0.4, -0.2) is 61.9 Å². The van der Waals surface area contributed by atoms with Crippen molar-refractivity contribution in [1.29, 1.82) is 0 Å². The molecule has 0 bridgehead atoms. The molecule has 1 N–H and O–H groups in total. The molecule has 0 amide bonds. The largest absolute Gasteiger partial charge is 0.395 e. The third kappa shape index (κ3) is 3.72. The fourth-order valence-corrected chi connectivity index (χ4v) is 6.00. The third-order valence-corrected chi connectivity index (χ3v) is 7.15. The van der Waals surface area contributed by atoms with E-state index in [-0.39, 0.29) is 34.5 Å². The maximum absolute atomic E-state index is 12.6. The molecule has 1 unspecified atom stereocenters. The Labute approximate surface area is 128 Å². The molecule has 1 aromatic rings. The summed E-state index contributed by atoms with van der Waals surface area (Å²) in [6.45, 7) is -0.558. The highest BCUT2D eigenvalue weighted by Gasteiger charge is 2.38. The zero-order valence-corrected chi connectivity index (χ0v) is 13.4. The molecule has 1 atom stereocenters. The molecule has 1 fully saturated rings. The Morgan fingerprint density at radius 2 is 2.19 bits per heavy atom. The second kappa shape index (κ2) is 6.17. The Bertz CT molecular complexity index is 720. The summed E-state index contributed by atoms with van der Waals surface area (Å²) in [5.74, 6) is -0.280. The Morgan fingerprint density at radius 1 is 1.48 bits per heavy atom. The lowest BCUT2D eigenvalue weighted by Gasteiger charge is -2.26. The summed E-state index contributed by atoms with van der Waals surface area (Å²) < 4.78 is 49.3. The zero-order valence-electron chi connectivity index (χ0n) is 11.0. The van der Waals surface area contributed by atoms with E-state index in [4.69, 9.17) is 16.7 Å². The quantitative estimate of drug-likeness (QED) is 0.741. The van der Waals surface area contributed by atoms with Gasteiger partial charge in [0.15, 0.2) is 9.84 Å². The van der Waals surface area contributed by atoms with Crippen molar-refractivity contribution in [2.45, 2.75) is 17.4 Å². The molecule has 0 radical (unpaired) electrons. The summed E-state index contributed by atoms with van der Waals surface area (Å²) in [5.41, 5.74) is 0. The Kier molecular flexibility index (Phi) is 4.89. The van der Waals surface area contributed by atoms with Crippen molar-refractivity contribution in [3.63, 3.8) is 0 Å². The van der Waals surface area contributed by atoms with E-state index in [9.17, 15) is 16.8 Å². The van der Waals surface area contributed by atoms with Gasteiger partial charge in [-0.25, -0.2) is 21.8 Å². The molecule has 0 aromatic carbocycles. The van der Waals surface area contributed by atoms with Crippen molar-refractivity contribution in [2.24, 2.45) is 0 Å². The predicted octanol–water partition coefficient (Wildman–Crippen LogP) is -0.0949. The van der Waals surface area contributed by atoms with Crippen LogP contribution in [0.1, 0.15) is 6.42 Å². The van der Waals surface area contributed by atoms with Crippen molar-refractivity contribution < 1.29 is 21.9 Å². The van der Waals surface area contributed by atoms with E-state index in [2.05, 4.69) is 4.98 Å². The van der Waals surface area contributed by atoms with Gasteiger partial charge in [-0.3, -0.25) is 0 Å². The van der Waals surface area contributed by atoms with Crippen LogP contribution in [0.2, 0.25) is 5.15 Å². The van der Waals surface area contributed by atoms with Gasteiger partial charge in [0, 0.05) is 18.8 Å². The van der Waals surface area contributed by atoms with Crippen LogP contribution in [0.15, 0.2) is 23.2 Å². The fourth-order valence-electron chi connectivity index (χ4n) is 2.28. The SMILES string of the molecule is O=S1(=O)CCC(N(CCO)S(=O)(=O)c2ccnc(Cl)c2)C1. The van der Waals surface area contributed by atoms with E-state index in [1.54, 1.807) is 0 Å². The molecule has 118 valence electrons. The number of halogens is 1. The first-order chi connectivity index (χ1) is 9.76. The van der Waals surface area contributed by atoms with Crippen LogP contribution in [0.4, 0.5) is 0 Å². The van der Waals surface area contributed by atoms with Crippen molar-refractivity contribution in [3.8, 4) is 0 Å². The van der Waals surface area contributed by atoms with Gasteiger partial charge < -0.3 is 5.11 Å². The van der Waals surface area contributed by atoms with Gasteiger partial charge in [-0.05, 0) is 18.6 Å². The molecule has 0 saturated carbocycles. The number of aromatic nitrogens is 1. The van der Waals surface area contributed by atoms with Crippen molar-refractivity contribution in [2.75, 3.05) is 24.7 Å². The normalized spacial score (nSPS) is 21.8. The second-order valence-corrected chi connectivity index (χ2v) is 9.22. The number of hydrogen-bond acceptors (Lipinski definition) is 6. The summed E-state index contributed by atoms with van der Waals surface area (Å²) in [5, 5.41) is 9.12. The molecule has 2 heterocycles. The molecule has 7 nitrogen and oxygen atoms in total. The molecule has 0 aliphatic carbocycles. The fraction of sp³-hybridized carbons (Fsp3) is 0.545. The highest BCUT2D eigenvalue weighted by atomic mass is 35.5. The van der Waals surface area contributed by atoms with Gasteiger partial charge in [-0.15, -0.1) is 0 Å². The first-order valence-corrected chi connectivity index (χ1v) is 9.85. The van der Waals surface area contributed by atoms with E-state index >= 15 is 0 Å². The van der Waals surface area contributed by atoms with E-state index in [1.165, 1.54) is 18.3 Å². The zero-order chi connectivity index (χ0) is 15.7. The molecule has 21 heavy (non-hydrogen) atoms. The summed E-state index contributed by atoms with van der Waals surface area (Å²) in [6, 6.07) is 1.82. The number of rotatable bonds is 5. The molecule has 1 aliphatic rings. The predicted molar refractivity (Wildman–Crippen MR) is 77.3 cm³/mol. The molecule has 1 aromatic heterocycles. The highest BCUT2D eigenvalue weighted by Crippen LogP contribution is 2.25. The van der Waals surface area contributed by atoms with Crippen LogP contribution in [0.5, 0.6) is 0 Å². The molecular formula is C11H15ClN2O5S2. The number of sulfonamides is 1. The number of pyridine rings is 1. The summed E-state index contributed by atoms with van der Waals surface area (Å²) in [7, 11) is -7.17. The molecular weight excluding hydrogens is 340 g/mol. The minimum absolute atomic E-state index is 0.0269. The lowest BCUT2D eigenvalue weighted by atomic mass is 10.3. The van der Waals surface area contributed by atoms with Crippen molar-refractivity contribution in [3.05, 3.63) is 23.5 Å². The Balaban J connectivity index is 2.37. The van der Waals surface area contributed by atoms with Crippen LogP contribution < -0.4 is 0 Å². The van der Waals surface area contributed by atoms with Crippen molar-refractivity contribution in [1.82, 2.24) is 9.29 Å². The van der Waals surface area contributed by atoms with Crippen LogP contribution >= 0.6 is 11.6 Å². The average molecular weight is 355 g/mol. The second-order valence-electron chi connectivity index (χ2n) is 4.71. The maximum Gasteiger partial charge on any atom is 0.243 e. The Morgan fingerprint density at radius 3 is 2.71 bits per heavy atom. The van der Waals surface area contributed by atoms with Crippen LogP contribution in [0.25, 0.3) is 0 Å². The molecule has 10 heteroatoms. The maximum atomic E-state index is 12.6. The highest BCUT2D eigenvalue weighted by molar-refractivity contribution is 7.92. The standard InChI is InChI=1S/C11H15ClN2O5S2/c12-11-7-10(1-3-13-11)21(18,19)14(4-5-15)9-2-6-20(16,17)8-9/h1,3,7,9,15H,2,4-6,8H2. The molecule has 1 saturated heterocycles. The summed E-state index contributed by atoms with van der Waals surface area (Å²) >= 11 is 5.70. The average Bonchev–Trinajstić information content (AvgIpc) is 2.75. The molecule has 0 spiro atoms. The first-order valence-electron chi connectivity index (χ1n) is 6.21. The number of aliphatic hydroxyl groups excluding tert-OH is 1. The van der Waals surface area contributed by atoms with Crippen molar-refractivity contribution >= 4 is 31.5 Å². The van der Waals surface area contributed by atoms with Crippen LogP contribution in [0.3, 0.4) is 0 Å². The Hall–Kier alpha value is -0.740. The van der Waals surface area contributed by atoms with Gasteiger partial charge >= 0.3 is 0 Å². The van der Waals surface area contributed by atoms with E-state index in [1.807, 2.05) is 0 Å².